The van der Waals surface area contributed by atoms with Gasteiger partial charge in [-0.05, 0) is 68.6 Å². The number of piperazine rings is 1. The first-order valence-electron chi connectivity index (χ1n) is 14.3. The number of nitrogens with zero attached hydrogens (tertiary/aromatic N) is 5. The average Bonchev–Trinajstić information content (AvgIpc) is 3.56. The van der Waals surface area contributed by atoms with Crippen LogP contribution in [0.3, 0.4) is 0 Å². The molecule has 2 aromatic heterocycles. The Bertz CT molecular complexity index is 1530. The van der Waals surface area contributed by atoms with Gasteiger partial charge < -0.3 is 20.1 Å². The Morgan fingerprint density at radius 1 is 1.05 bits per heavy atom. The van der Waals surface area contributed by atoms with Crippen LogP contribution in [-0.2, 0) is 0 Å². The first-order valence-corrected chi connectivity index (χ1v) is 14.3. The number of aromatic hydroxyl groups is 1. The fourth-order valence-corrected chi connectivity index (χ4v) is 6.89. The van der Waals surface area contributed by atoms with Gasteiger partial charge >= 0.3 is 6.01 Å². The fraction of sp³-hybridized carbons (Fsp3) is 0.452. The number of phenols is 1. The van der Waals surface area contributed by atoms with E-state index in [9.17, 15) is 5.11 Å². The summed E-state index contributed by atoms with van der Waals surface area (Å²) in [6.07, 6.45) is 6.67. The number of nitrogens with one attached hydrogen (secondary N) is 1. The molecule has 7 rings (SSSR count). The van der Waals surface area contributed by atoms with Gasteiger partial charge in [-0.15, -0.1) is 0 Å². The first-order chi connectivity index (χ1) is 19.1. The van der Waals surface area contributed by atoms with Crippen molar-refractivity contribution >= 4 is 27.5 Å². The van der Waals surface area contributed by atoms with Crippen LogP contribution in [0.1, 0.15) is 38.2 Å². The number of rotatable bonds is 6. The molecule has 0 spiro atoms. The largest absolute Gasteiger partial charge is 0.508 e. The lowest BCUT2D eigenvalue weighted by Gasteiger charge is -2.34. The van der Waals surface area contributed by atoms with E-state index in [1.165, 1.54) is 19.3 Å². The average molecular weight is 525 g/mol. The highest BCUT2D eigenvalue weighted by molar-refractivity contribution is 6.01. The van der Waals surface area contributed by atoms with Crippen molar-refractivity contribution in [3.63, 3.8) is 0 Å². The third-order valence-corrected chi connectivity index (χ3v) is 8.87. The van der Waals surface area contributed by atoms with E-state index in [2.05, 4.69) is 35.0 Å². The Morgan fingerprint density at radius 3 is 2.69 bits per heavy atom. The predicted octanol–water partition coefficient (Wildman–Crippen LogP) is 4.66. The number of ether oxygens (including phenoxy) is 1. The molecule has 0 saturated carbocycles. The summed E-state index contributed by atoms with van der Waals surface area (Å²) in [6, 6.07) is 13.5. The third-order valence-electron chi connectivity index (χ3n) is 8.87. The molecule has 0 amide bonds. The van der Waals surface area contributed by atoms with Gasteiger partial charge in [0.05, 0.1) is 16.6 Å². The normalized spacial score (nSPS) is 23.2. The number of phenolic OH excluding ortho intramolecular Hbond substituents is 1. The second-order valence-electron chi connectivity index (χ2n) is 11.3. The van der Waals surface area contributed by atoms with Gasteiger partial charge in [0.25, 0.3) is 0 Å². The van der Waals surface area contributed by atoms with Crippen molar-refractivity contribution in [2.75, 3.05) is 37.7 Å². The molecule has 2 aromatic carbocycles. The van der Waals surface area contributed by atoms with Crippen LogP contribution in [-0.4, -0.2) is 75.9 Å². The lowest BCUT2D eigenvalue weighted by Crippen LogP contribution is -2.51. The lowest BCUT2D eigenvalue weighted by atomic mass is 9.97. The van der Waals surface area contributed by atoms with Gasteiger partial charge in [0.1, 0.15) is 18.2 Å². The van der Waals surface area contributed by atoms with Crippen molar-refractivity contribution in [1.29, 1.82) is 0 Å². The summed E-state index contributed by atoms with van der Waals surface area (Å²) in [4.78, 5) is 19.8. The number of pyridine rings is 1. The summed E-state index contributed by atoms with van der Waals surface area (Å²) in [5.41, 5.74) is 3.54. The molecule has 3 aliphatic rings. The minimum atomic E-state index is 0.228. The number of hydrogen-bond acceptors (Lipinski definition) is 8. The Kier molecular flexibility index (Phi) is 6.24. The number of anilines is 1. The molecule has 2 bridgehead atoms. The van der Waals surface area contributed by atoms with Crippen LogP contribution >= 0.6 is 0 Å². The molecule has 0 radical (unpaired) electrons. The van der Waals surface area contributed by atoms with Crippen molar-refractivity contribution < 1.29 is 9.84 Å². The summed E-state index contributed by atoms with van der Waals surface area (Å²) >= 11 is 0. The van der Waals surface area contributed by atoms with Crippen LogP contribution in [0.5, 0.6) is 11.8 Å². The number of likely N-dealkylation sites (tertiary alicyclic amines) is 1. The zero-order chi connectivity index (χ0) is 26.5. The number of likely N-dealkylation sites (N-methyl/N-ethyl adjacent to an activating group) is 1. The third kappa shape index (κ3) is 4.45. The molecule has 5 heterocycles. The topological polar surface area (TPSA) is 86.6 Å². The minimum absolute atomic E-state index is 0.228. The van der Waals surface area contributed by atoms with Crippen molar-refractivity contribution in [3.05, 3.63) is 48.2 Å². The highest BCUT2D eigenvalue weighted by Crippen LogP contribution is 2.38. The van der Waals surface area contributed by atoms with E-state index in [4.69, 9.17) is 19.7 Å². The number of aryl methyl sites for hydroxylation is 1. The van der Waals surface area contributed by atoms with Crippen LogP contribution in [0.25, 0.3) is 32.9 Å². The molecule has 3 fully saturated rings. The van der Waals surface area contributed by atoms with E-state index in [1.807, 2.05) is 24.4 Å². The smallest absolute Gasteiger partial charge is 0.319 e. The summed E-state index contributed by atoms with van der Waals surface area (Å²) < 4.78 is 6.35. The molecule has 8 heteroatoms. The minimum Gasteiger partial charge on any atom is -0.508 e. The number of fused-ring (bicyclic) bond motifs is 4. The van der Waals surface area contributed by atoms with Crippen LogP contribution in [0, 0.1) is 6.92 Å². The van der Waals surface area contributed by atoms with E-state index in [0.717, 1.165) is 76.9 Å². The van der Waals surface area contributed by atoms with Gasteiger partial charge in [0.15, 0.2) is 0 Å². The maximum Gasteiger partial charge on any atom is 0.319 e. The number of aromatic nitrogens is 3. The Balaban J connectivity index is 1.34. The standard InChI is InChI=1S/C31H36N6O2/c1-3-36-12-6-8-23(36)18-39-31-34-29-19(2)28(26-14-24(38)13-20-7-4-5-9-25(20)26)32-15-27(29)30(35-31)37-16-21-10-11-22(17-37)33-21/h4-5,7,9,13-15,21-23,33,38H,3,6,8,10-12,16-18H2,1-2H3/t21?,22?,23-/m0/s1. The van der Waals surface area contributed by atoms with Crippen molar-refractivity contribution in [3.8, 4) is 23.0 Å². The molecule has 2 unspecified atom stereocenters. The summed E-state index contributed by atoms with van der Waals surface area (Å²) in [5.74, 6) is 1.14. The van der Waals surface area contributed by atoms with Crippen LogP contribution in [0.4, 0.5) is 5.82 Å². The maximum atomic E-state index is 10.5. The first kappa shape index (κ1) is 24.5. The lowest BCUT2D eigenvalue weighted by molar-refractivity contribution is 0.170. The number of hydrogen-bond donors (Lipinski definition) is 2. The Labute approximate surface area is 229 Å². The summed E-state index contributed by atoms with van der Waals surface area (Å²) in [7, 11) is 0. The van der Waals surface area contributed by atoms with Crippen LogP contribution in [0.2, 0.25) is 0 Å². The van der Waals surface area contributed by atoms with E-state index in [1.54, 1.807) is 12.1 Å². The SMILES string of the molecule is CCN1CCC[C@H]1COc1nc(N2CC3CCC(C2)N3)c2cnc(-c3cc(O)cc4ccccc34)c(C)c2n1. The maximum absolute atomic E-state index is 10.5. The molecule has 2 N–H and O–H groups in total. The molecule has 8 nitrogen and oxygen atoms in total. The molecule has 0 aliphatic carbocycles. The van der Waals surface area contributed by atoms with Gasteiger partial charge in [0, 0.05) is 48.5 Å². The van der Waals surface area contributed by atoms with Gasteiger partial charge in [-0.3, -0.25) is 9.88 Å². The van der Waals surface area contributed by atoms with Gasteiger partial charge in [-0.1, -0.05) is 31.2 Å². The van der Waals surface area contributed by atoms with E-state index in [-0.39, 0.29) is 5.75 Å². The van der Waals surface area contributed by atoms with Crippen molar-refractivity contribution in [2.24, 2.45) is 0 Å². The van der Waals surface area contributed by atoms with Crippen molar-refractivity contribution in [2.45, 2.75) is 57.7 Å². The van der Waals surface area contributed by atoms with Crippen LogP contribution < -0.4 is 15.0 Å². The molecule has 202 valence electrons. The second kappa shape index (κ2) is 9.92. The van der Waals surface area contributed by atoms with E-state index < -0.39 is 0 Å². The zero-order valence-electron chi connectivity index (χ0n) is 22.7. The van der Waals surface area contributed by atoms with Gasteiger partial charge in [0.2, 0.25) is 0 Å². The highest BCUT2D eigenvalue weighted by atomic mass is 16.5. The Hall–Kier alpha value is -3.49. The molecular formula is C31H36N6O2. The summed E-state index contributed by atoms with van der Waals surface area (Å²) in [5, 5.41) is 17.2. The van der Waals surface area contributed by atoms with Crippen molar-refractivity contribution in [1.82, 2.24) is 25.2 Å². The summed E-state index contributed by atoms with van der Waals surface area (Å²) in [6.45, 7) is 8.89. The van der Waals surface area contributed by atoms with E-state index >= 15 is 0 Å². The molecule has 4 aromatic rings. The molecule has 3 aliphatic heterocycles. The van der Waals surface area contributed by atoms with Crippen LogP contribution in [0.15, 0.2) is 42.6 Å². The van der Waals surface area contributed by atoms with E-state index in [0.29, 0.717) is 30.7 Å². The second-order valence-corrected chi connectivity index (χ2v) is 11.3. The predicted molar refractivity (Wildman–Crippen MR) is 155 cm³/mol. The quantitative estimate of drug-likeness (QED) is 0.377. The zero-order valence-corrected chi connectivity index (χ0v) is 22.7. The monoisotopic (exact) mass is 524 g/mol. The molecular weight excluding hydrogens is 488 g/mol. The van der Waals surface area contributed by atoms with Gasteiger partial charge in [-0.2, -0.15) is 9.97 Å². The molecule has 39 heavy (non-hydrogen) atoms. The highest BCUT2D eigenvalue weighted by Gasteiger charge is 2.34. The Morgan fingerprint density at radius 2 is 1.87 bits per heavy atom. The number of benzene rings is 2. The molecule has 3 saturated heterocycles. The molecule has 3 atom stereocenters. The fourth-order valence-electron chi connectivity index (χ4n) is 6.89. The van der Waals surface area contributed by atoms with Gasteiger partial charge in [-0.25, -0.2) is 0 Å².